The average Bonchev–Trinajstić information content (AvgIpc) is 2.23. The Bertz CT molecular complexity index is 307. The molecular weight excluding hydrogens is 261 g/mol. The summed E-state index contributed by atoms with van der Waals surface area (Å²) in [5.74, 6) is 0.435. The summed E-state index contributed by atoms with van der Waals surface area (Å²) in [5.41, 5.74) is 0. The van der Waals surface area contributed by atoms with E-state index in [1.807, 2.05) is 7.05 Å². The monoisotopic (exact) mass is 275 g/mol. The van der Waals surface area contributed by atoms with Gasteiger partial charge in [-0.25, -0.2) is 4.39 Å². The maximum absolute atomic E-state index is 12.9. The molecule has 0 aliphatic heterocycles. The second-order valence-electron chi connectivity index (χ2n) is 3.24. The number of unbranched alkanes of at least 4 members (excludes halogenated alkanes) is 1. The van der Waals surface area contributed by atoms with Gasteiger partial charge in [0.15, 0.2) is 0 Å². The third kappa shape index (κ3) is 4.62. The number of nitrogens with one attached hydrogen (secondary N) is 1. The fraction of sp³-hybridized carbons (Fsp3) is 0.455. The number of halogens is 2. The maximum Gasteiger partial charge on any atom is 0.137 e. The van der Waals surface area contributed by atoms with Crippen LogP contribution in [0.15, 0.2) is 22.7 Å². The van der Waals surface area contributed by atoms with Gasteiger partial charge < -0.3 is 10.1 Å². The van der Waals surface area contributed by atoms with Crippen molar-refractivity contribution in [2.24, 2.45) is 0 Å². The summed E-state index contributed by atoms with van der Waals surface area (Å²) in [6, 6.07) is 4.68. The zero-order valence-corrected chi connectivity index (χ0v) is 10.3. The SMILES string of the molecule is CNCCCCOc1ccc(F)c(Br)c1. The molecular formula is C11H15BrFNO. The fourth-order valence-electron chi connectivity index (χ4n) is 1.16. The number of hydrogen-bond acceptors (Lipinski definition) is 2. The van der Waals surface area contributed by atoms with Crippen molar-refractivity contribution in [3.8, 4) is 5.75 Å². The van der Waals surface area contributed by atoms with Gasteiger partial charge in [0.2, 0.25) is 0 Å². The van der Waals surface area contributed by atoms with E-state index >= 15 is 0 Å². The molecule has 84 valence electrons. The highest BCUT2D eigenvalue weighted by atomic mass is 79.9. The third-order valence-electron chi connectivity index (χ3n) is 1.98. The lowest BCUT2D eigenvalue weighted by molar-refractivity contribution is 0.306. The summed E-state index contributed by atoms with van der Waals surface area (Å²) < 4.78 is 18.8. The second kappa shape index (κ2) is 6.80. The number of ether oxygens (including phenoxy) is 1. The molecule has 15 heavy (non-hydrogen) atoms. The first kappa shape index (κ1) is 12.5. The molecule has 0 spiro atoms. The Morgan fingerprint density at radius 1 is 1.40 bits per heavy atom. The summed E-state index contributed by atoms with van der Waals surface area (Å²) in [4.78, 5) is 0. The molecule has 0 aliphatic carbocycles. The van der Waals surface area contributed by atoms with E-state index < -0.39 is 0 Å². The molecule has 2 nitrogen and oxygen atoms in total. The smallest absolute Gasteiger partial charge is 0.137 e. The largest absolute Gasteiger partial charge is 0.494 e. The van der Waals surface area contributed by atoms with Crippen LogP contribution in [-0.2, 0) is 0 Å². The van der Waals surface area contributed by atoms with Crippen LogP contribution >= 0.6 is 15.9 Å². The lowest BCUT2D eigenvalue weighted by atomic mass is 10.3. The van der Waals surface area contributed by atoms with Crippen LogP contribution < -0.4 is 10.1 Å². The van der Waals surface area contributed by atoms with E-state index in [-0.39, 0.29) is 5.82 Å². The quantitative estimate of drug-likeness (QED) is 0.806. The minimum atomic E-state index is -0.266. The van der Waals surface area contributed by atoms with Crippen molar-refractivity contribution in [1.82, 2.24) is 5.32 Å². The number of rotatable bonds is 6. The van der Waals surface area contributed by atoms with Crippen molar-refractivity contribution in [3.05, 3.63) is 28.5 Å². The second-order valence-corrected chi connectivity index (χ2v) is 4.09. The Morgan fingerprint density at radius 3 is 2.87 bits per heavy atom. The topological polar surface area (TPSA) is 21.3 Å². The fourth-order valence-corrected chi connectivity index (χ4v) is 1.52. The Morgan fingerprint density at radius 2 is 2.20 bits per heavy atom. The van der Waals surface area contributed by atoms with E-state index in [1.165, 1.54) is 6.07 Å². The van der Waals surface area contributed by atoms with Gasteiger partial charge in [0.25, 0.3) is 0 Å². The minimum absolute atomic E-state index is 0.266. The zero-order chi connectivity index (χ0) is 11.1. The maximum atomic E-state index is 12.9. The molecule has 0 atom stereocenters. The van der Waals surface area contributed by atoms with Crippen LogP contribution in [0.2, 0.25) is 0 Å². The minimum Gasteiger partial charge on any atom is -0.494 e. The molecule has 0 unspecified atom stereocenters. The Balaban J connectivity index is 2.28. The van der Waals surface area contributed by atoms with E-state index in [1.54, 1.807) is 12.1 Å². The van der Waals surface area contributed by atoms with Crippen molar-refractivity contribution in [2.75, 3.05) is 20.2 Å². The van der Waals surface area contributed by atoms with Gasteiger partial charge in [0, 0.05) is 0 Å². The summed E-state index contributed by atoms with van der Waals surface area (Å²) in [7, 11) is 1.93. The van der Waals surface area contributed by atoms with E-state index in [9.17, 15) is 4.39 Å². The predicted molar refractivity (Wildman–Crippen MR) is 62.8 cm³/mol. The number of benzene rings is 1. The molecule has 1 aromatic rings. The number of hydrogen-bond donors (Lipinski definition) is 1. The Labute approximate surface area is 98.0 Å². The first-order chi connectivity index (χ1) is 7.24. The van der Waals surface area contributed by atoms with E-state index in [4.69, 9.17) is 4.74 Å². The van der Waals surface area contributed by atoms with Gasteiger partial charge in [-0.2, -0.15) is 0 Å². The lowest BCUT2D eigenvalue weighted by Gasteiger charge is -2.06. The van der Waals surface area contributed by atoms with Crippen molar-refractivity contribution in [1.29, 1.82) is 0 Å². The normalized spacial score (nSPS) is 10.3. The molecule has 0 aliphatic rings. The van der Waals surface area contributed by atoms with Crippen molar-refractivity contribution < 1.29 is 9.13 Å². The molecule has 0 amide bonds. The predicted octanol–water partition coefficient (Wildman–Crippen LogP) is 2.97. The summed E-state index contributed by atoms with van der Waals surface area (Å²) >= 11 is 3.11. The molecule has 0 aromatic heterocycles. The average molecular weight is 276 g/mol. The molecule has 1 aromatic carbocycles. The highest BCUT2D eigenvalue weighted by Gasteiger charge is 2.00. The molecule has 0 bridgehead atoms. The van der Waals surface area contributed by atoms with Gasteiger partial charge in [-0.05, 0) is 60.6 Å². The van der Waals surface area contributed by atoms with Gasteiger partial charge in [-0.1, -0.05) is 0 Å². The van der Waals surface area contributed by atoms with Gasteiger partial charge in [0.1, 0.15) is 11.6 Å². The van der Waals surface area contributed by atoms with E-state index in [0.717, 1.165) is 19.4 Å². The first-order valence-electron chi connectivity index (χ1n) is 4.96. The summed E-state index contributed by atoms with van der Waals surface area (Å²) in [6.45, 7) is 1.66. The molecule has 0 heterocycles. The lowest BCUT2D eigenvalue weighted by Crippen LogP contribution is -2.09. The summed E-state index contributed by atoms with van der Waals surface area (Å²) in [5, 5.41) is 3.07. The zero-order valence-electron chi connectivity index (χ0n) is 8.72. The van der Waals surface area contributed by atoms with Crippen LogP contribution in [0.25, 0.3) is 0 Å². The van der Waals surface area contributed by atoms with Gasteiger partial charge in [-0.3, -0.25) is 0 Å². The first-order valence-corrected chi connectivity index (χ1v) is 5.76. The van der Waals surface area contributed by atoms with Crippen LogP contribution in [-0.4, -0.2) is 20.2 Å². The molecule has 4 heteroatoms. The van der Waals surface area contributed by atoms with Gasteiger partial charge in [-0.15, -0.1) is 0 Å². The molecule has 0 saturated heterocycles. The van der Waals surface area contributed by atoms with Crippen LogP contribution in [0, 0.1) is 5.82 Å². The van der Waals surface area contributed by atoms with Gasteiger partial charge in [0.05, 0.1) is 11.1 Å². The standard InChI is InChI=1S/C11H15BrFNO/c1-14-6-2-3-7-15-9-4-5-11(13)10(12)8-9/h4-5,8,14H,2-3,6-7H2,1H3. The molecule has 0 fully saturated rings. The molecule has 0 radical (unpaired) electrons. The molecule has 1 N–H and O–H groups in total. The highest BCUT2D eigenvalue weighted by molar-refractivity contribution is 9.10. The van der Waals surface area contributed by atoms with Crippen molar-refractivity contribution in [3.63, 3.8) is 0 Å². The molecule has 1 rings (SSSR count). The Kier molecular flexibility index (Phi) is 5.65. The van der Waals surface area contributed by atoms with Crippen LogP contribution in [0.3, 0.4) is 0 Å². The van der Waals surface area contributed by atoms with Crippen LogP contribution in [0.5, 0.6) is 5.75 Å². The highest BCUT2D eigenvalue weighted by Crippen LogP contribution is 2.21. The van der Waals surface area contributed by atoms with Crippen molar-refractivity contribution >= 4 is 15.9 Å². The van der Waals surface area contributed by atoms with Crippen LogP contribution in [0.4, 0.5) is 4.39 Å². The van der Waals surface area contributed by atoms with Crippen LogP contribution in [0.1, 0.15) is 12.8 Å². The Hall–Kier alpha value is -0.610. The van der Waals surface area contributed by atoms with E-state index in [0.29, 0.717) is 16.8 Å². The summed E-state index contributed by atoms with van der Waals surface area (Å²) in [6.07, 6.45) is 2.08. The van der Waals surface area contributed by atoms with Crippen molar-refractivity contribution in [2.45, 2.75) is 12.8 Å². The van der Waals surface area contributed by atoms with E-state index in [2.05, 4.69) is 21.2 Å². The van der Waals surface area contributed by atoms with Gasteiger partial charge >= 0.3 is 0 Å². The molecule has 0 saturated carbocycles. The third-order valence-corrected chi connectivity index (χ3v) is 2.59.